The number of carbonyl (C=O) groups is 1. The van der Waals surface area contributed by atoms with E-state index in [2.05, 4.69) is 6.92 Å². The van der Waals surface area contributed by atoms with Crippen LogP contribution in [0.2, 0.25) is 0 Å². The smallest absolute Gasteiger partial charge is 0.338 e. The summed E-state index contributed by atoms with van der Waals surface area (Å²) in [5, 5.41) is 0. The first-order valence-electron chi connectivity index (χ1n) is 8.31. The van der Waals surface area contributed by atoms with Crippen molar-refractivity contribution in [1.29, 1.82) is 0 Å². The molecule has 0 saturated carbocycles. The Labute approximate surface area is 132 Å². The monoisotopic (exact) mass is 306 g/mol. The van der Waals surface area contributed by atoms with E-state index in [4.69, 9.17) is 14.2 Å². The predicted molar refractivity (Wildman–Crippen MR) is 85.3 cm³/mol. The van der Waals surface area contributed by atoms with E-state index in [0.29, 0.717) is 18.8 Å². The van der Waals surface area contributed by atoms with Crippen LogP contribution in [0.4, 0.5) is 0 Å². The van der Waals surface area contributed by atoms with Crippen LogP contribution < -0.4 is 4.74 Å². The first-order chi connectivity index (χ1) is 10.8. The molecule has 2 rings (SSSR count). The van der Waals surface area contributed by atoms with Crippen molar-refractivity contribution >= 4 is 5.97 Å². The molecule has 0 aromatic heterocycles. The van der Waals surface area contributed by atoms with Crippen LogP contribution in [0.3, 0.4) is 0 Å². The molecule has 1 aromatic carbocycles. The Morgan fingerprint density at radius 2 is 1.82 bits per heavy atom. The minimum atomic E-state index is -0.259. The largest absolute Gasteiger partial charge is 0.491 e. The lowest BCUT2D eigenvalue weighted by Crippen LogP contribution is -2.07. The van der Waals surface area contributed by atoms with Gasteiger partial charge < -0.3 is 14.2 Å². The summed E-state index contributed by atoms with van der Waals surface area (Å²) in [6, 6.07) is 7.08. The van der Waals surface area contributed by atoms with Gasteiger partial charge in [0.05, 0.1) is 18.8 Å². The molecular weight excluding hydrogens is 280 g/mol. The van der Waals surface area contributed by atoms with Crippen LogP contribution in [0.5, 0.6) is 5.75 Å². The molecular formula is C18H26O4. The number of hydrogen-bond acceptors (Lipinski definition) is 4. The molecule has 1 aromatic rings. The van der Waals surface area contributed by atoms with Crippen molar-refractivity contribution < 1.29 is 19.0 Å². The summed E-state index contributed by atoms with van der Waals surface area (Å²) >= 11 is 0. The maximum atomic E-state index is 11.9. The molecule has 0 radical (unpaired) electrons. The zero-order valence-corrected chi connectivity index (χ0v) is 13.4. The van der Waals surface area contributed by atoms with E-state index >= 15 is 0 Å². The van der Waals surface area contributed by atoms with Gasteiger partial charge in [0.25, 0.3) is 0 Å². The third-order valence-corrected chi connectivity index (χ3v) is 3.66. The Morgan fingerprint density at radius 3 is 2.50 bits per heavy atom. The summed E-state index contributed by atoms with van der Waals surface area (Å²) in [4.78, 5) is 11.9. The summed E-state index contributed by atoms with van der Waals surface area (Å²) in [5.74, 6) is 0.494. The van der Waals surface area contributed by atoms with Crippen LogP contribution in [-0.4, -0.2) is 31.9 Å². The highest BCUT2D eigenvalue weighted by Crippen LogP contribution is 2.16. The third kappa shape index (κ3) is 6.48. The maximum Gasteiger partial charge on any atom is 0.338 e. The van der Waals surface area contributed by atoms with E-state index in [-0.39, 0.29) is 12.1 Å². The Hall–Kier alpha value is -1.55. The fraction of sp³-hybridized carbons (Fsp3) is 0.611. The highest BCUT2D eigenvalue weighted by atomic mass is 16.6. The molecule has 0 spiro atoms. The summed E-state index contributed by atoms with van der Waals surface area (Å²) in [5.41, 5.74) is 0.570. The minimum absolute atomic E-state index is 0.238. The quantitative estimate of drug-likeness (QED) is 0.352. The fourth-order valence-electron chi connectivity index (χ4n) is 2.17. The van der Waals surface area contributed by atoms with Crippen molar-refractivity contribution in [1.82, 2.24) is 0 Å². The van der Waals surface area contributed by atoms with Crippen molar-refractivity contribution in [3.63, 3.8) is 0 Å². The van der Waals surface area contributed by atoms with Crippen molar-refractivity contribution in [2.24, 2.45) is 0 Å². The van der Waals surface area contributed by atoms with Crippen LogP contribution in [-0.2, 0) is 9.47 Å². The Bertz CT molecular complexity index is 437. The predicted octanol–water partition coefficient (Wildman–Crippen LogP) is 3.98. The molecule has 22 heavy (non-hydrogen) atoms. The molecule has 1 aliphatic rings. The third-order valence-electron chi connectivity index (χ3n) is 3.66. The molecule has 0 N–H and O–H groups in total. The molecule has 1 unspecified atom stereocenters. The number of rotatable bonds is 11. The van der Waals surface area contributed by atoms with E-state index in [1.807, 2.05) is 0 Å². The SMILES string of the molecule is CCCCCCCCOC(=O)c1ccc(OCC2CO2)cc1. The van der Waals surface area contributed by atoms with E-state index < -0.39 is 0 Å². The Morgan fingerprint density at radius 1 is 1.14 bits per heavy atom. The van der Waals surface area contributed by atoms with Gasteiger partial charge in [-0.05, 0) is 30.7 Å². The van der Waals surface area contributed by atoms with Crippen LogP contribution in [0.1, 0.15) is 55.8 Å². The number of ether oxygens (including phenoxy) is 3. The number of epoxide rings is 1. The molecule has 1 aliphatic heterocycles. The van der Waals surface area contributed by atoms with Gasteiger partial charge >= 0.3 is 5.97 Å². The average molecular weight is 306 g/mol. The van der Waals surface area contributed by atoms with Gasteiger partial charge in [-0.1, -0.05) is 39.0 Å². The second kappa shape index (κ2) is 9.46. The normalized spacial score (nSPS) is 16.3. The molecule has 0 bridgehead atoms. The van der Waals surface area contributed by atoms with Gasteiger partial charge in [-0.15, -0.1) is 0 Å². The highest BCUT2D eigenvalue weighted by molar-refractivity contribution is 5.89. The van der Waals surface area contributed by atoms with Crippen molar-refractivity contribution in [2.45, 2.75) is 51.6 Å². The second-order valence-corrected chi connectivity index (χ2v) is 5.69. The first-order valence-corrected chi connectivity index (χ1v) is 8.31. The van der Waals surface area contributed by atoms with Gasteiger partial charge in [0, 0.05) is 0 Å². The van der Waals surface area contributed by atoms with Crippen LogP contribution in [0, 0.1) is 0 Å². The minimum Gasteiger partial charge on any atom is -0.491 e. The van der Waals surface area contributed by atoms with Gasteiger partial charge in [0.2, 0.25) is 0 Å². The topological polar surface area (TPSA) is 48.1 Å². The maximum absolute atomic E-state index is 11.9. The number of unbranched alkanes of at least 4 members (excludes halogenated alkanes) is 5. The average Bonchev–Trinajstić information content (AvgIpc) is 3.37. The number of esters is 1. The fourth-order valence-corrected chi connectivity index (χ4v) is 2.17. The van der Waals surface area contributed by atoms with Crippen LogP contribution in [0.25, 0.3) is 0 Å². The summed E-state index contributed by atoms with van der Waals surface area (Å²) < 4.78 is 15.9. The van der Waals surface area contributed by atoms with Gasteiger partial charge in [0.1, 0.15) is 18.5 Å². The summed E-state index contributed by atoms with van der Waals surface area (Å²) in [7, 11) is 0. The van der Waals surface area contributed by atoms with E-state index in [9.17, 15) is 4.79 Å². The zero-order chi connectivity index (χ0) is 15.6. The second-order valence-electron chi connectivity index (χ2n) is 5.69. The van der Waals surface area contributed by atoms with Gasteiger partial charge in [-0.3, -0.25) is 0 Å². The Kier molecular flexibility index (Phi) is 7.23. The van der Waals surface area contributed by atoms with Gasteiger partial charge in [0.15, 0.2) is 0 Å². The lowest BCUT2D eigenvalue weighted by atomic mass is 10.1. The molecule has 1 atom stereocenters. The number of carbonyl (C=O) groups excluding carboxylic acids is 1. The zero-order valence-electron chi connectivity index (χ0n) is 13.4. The van der Waals surface area contributed by atoms with E-state index in [1.54, 1.807) is 24.3 Å². The molecule has 4 nitrogen and oxygen atoms in total. The lowest BCUT2D eigenvalue weighted by molar-refractivity contribution is 0.0497. The van der Waals surface area contributed by atoms with E-state index in [0.717, 1.165) is 25.2 Å². The number of hydrogen-bond donors (Lipinski definition) is 0. The lowest BCUT2D eigenvalue weighted by Gasteiger charge is -2.07. The van der Waals surface area contributed by atoms with Crippen molar-refractivity contribution in [2.75, 3.05) is 19.8 Å². The molecule has 1 fully saturated rings. The molecule has 0 amide bonds. The Balaban J connectivity index is 1.59. The van der Waals surface area contributed by atoms with Crippen LogP contribution in [0.15, 0.2) is 24.3 Å². The summed E-state index contributed by atoms with van der Waals surface area (Å²) in [6.45, 7) is 4.06. The standard InChI is InChI=1S/C18H26O4/c1-2-3-4-5-6-7-12-20-18(19)15-8-10-16(11-9-15)21-13-17-14-22-17/h8-11,17H,2-7,12-14H2,1H3. The number of benzene rings is 1. The summed E-state index contributed by atoms with van der Waals surface area (Å²) in [6.07, 6.45) is 7.35. The van der Waals surface area contributed by atoms with Gasteiger partial charge in [-0.25, -0.2) is 4.79 Å². The molecule has 0 aliphatic carbocycles. The molecule has 4 heteroatoms. The first kappa shape index (κ1) is 16.8. The van der Waals surface area contributed by atoms with Crippen molar-refractivity contribution in [3.05, 3.63) is 29.8 Å². The highest BCUT2D eigenvalue weighted by Gasteiger charge is 2.23. The molecule has 122 valence electrons. The molecule has 1 heterocycles. The van der Waals surface area contributed by atoms with Crippen LogP contribution >= 0.6 is 0 Å². The molecule has 1 saturated heterocycles. The van der Waals surface area contributed by atoms with Gasteiger partial charge in [-0.2, -0.15) is 0 Å². The van der Waals surface area contributed by atoms with E-state index in [1.165, 1.54) is 25.7 Å². The van der Waals surface area contributed by atoms with Crippen molar-refractivity contribution in [3.8, 4) is 5.75 Å².